The van der Waals surface area contributed by atoms with Crippen LogP contribution in [-0.2, 0) is 27.1 Å². The average Bonchev–Trinajstić information content (AvgIpc) is 3.18. The zero-order valence-corrected chi connectivity index (χ0v) is 19.4. The smallest absolute Gasteiger partial charge is 0.302 e. The van der Waals surface area contributed by atoms with Gasteiger partial charge in [-0.05, 0) is 35.2 Å². The molecule has 0 saturated carbocycles. The number of aliphatic hydroxyl groups excluding tert-OH is 4. The van der Waals surface area contributed by atoms with E-state index in [-0.39, 0.29) is 5.97 Å². The van der Waals surface area contributed by atoms with E-state index in [9.17, 15) is 25.2 Å². The predicted molar refractivity (Wildman–Crippen MR) is 126 cm³/mol. The molecule has 2 aromatic carbocycles. The quantitative estimate of drug-likeness (QED) is 0.374. The van der Waals surface area contributed by atoms with Crippen LogP contribution in [0.5, 0.6) is 0 Å². The van der Waals surface area contributed by atoms with Crippen LogP contribution in [0, 0.1) is 0 Å². The maximum Gasteiger partial charge on any atom is 0.302 e. The maximum absolute atomic E-state index is 10.9. The van der Waals surface area contributed by atoms with E-state index in [1.165, 1.54) is 6.92 Å². The van der Waals surface area contributed by atoms with Crippen molar-refractivity contribution in [3.63, 3.8) is 0 Å². The highest BCUT2D eigenvalue weighted by Crippen LogP contribution is 2.36. The van der Waals surface area contributed by atoms with E-state index < -0.39 is 37.3 Å². The Balaban J connectivity index is 1.63. The highest BCUT2D eigenvalue weighted by Gasteiger charge is 2.44. The lowest BCUT2D eigenvalue weighted by Gasteiger charge is -2.40. The van der Waals surface area contributed by atoms with Crippen LogP contribution in [0.4, 0.5) is 0 Å². The number of nitrogens with zero attached hydrogens (tertiary/aromatic N) is 1. The first-order chi connectivity index (χ1) is 16.3. The Hall–Kier alpha value is -2.46. The van der Waals surface area contributed by atoms with Crippen LogP contribution in [0.3, 0.4) is 0 Å². The minimum absolute atomic E-state index is 0.302. The van der Waals surface area contributed by atoms with E-state index in [1.54, 1.807) is 16.7 Å². The molecule has 5 atom stereocenters. The van der Waals surface area contributed by atoms with Crippen molar-refractivity contribution in [3.05, 3.63) is 70.4 Å². The second-order valence-corrected chi connectivity index (χ2v) is 8.91. The molecule has 0 amide bonds. The van der Waals surface area contributed by atoms with Gasteiger partial charge in [-0.3, -0.25) is 4.79 Å². The Morgan fingerprint density at radius 1 is 1.06 bits per heavy atom. The van der Waals surface area contributed by atoms with Gasteiger partial charge in [0.25, 0.3) is 0 Å². The van der Waals surface area contributed by atoms with Crippen LogP contribution < -0.4 is 0 Å². The number of carbonyl (C=O) groups excluding carboxylic acids is 1. The van der Waals surface area contributed by atoms with Crippen molar-refractivity contribution in [2.24, 2.45) is 0 Å². The Bertz CT molecular complexity index is 1140. The molecule has 0 bridgehead atoms. The van der Waals surface area contributed by atoms with Gasteiger partial charge in [0.05, 0.1) is 23.8 Å². The van der Waals surface area contributed by atoms with Gasteiger partial charge in [-0.1, -0.05) is 41.9 Å². The van der Waals surface area contributed by atoms with E-state index in [0.717, 1.165) is 22.1 Å². The van der Waals surface area contributed by atoms with Gasteiger partial charge in [-0.25, -0.2) is 0 Å². The largest absolute Gasteiger partial charge is 0.466 e. The molecule has 0 spiro atoms. The van der Waals surface area contributed by atoms with Gasteiger partial charge < -0.3 is 34.5 Å². The van der Waals surface area contributed by atoms with Gasteiger partial charge in [-0.15, -0.1) is 0 Å². The maximum atomic E-state index is 10.9. The molecule has 34 heavy (non-hydrogen) atoms. The molecule has 3 aromatic rings. The summed E-state index contributed by atoms with van der Waals surface area (Å²) in [5, 5.41) is 41.9. The third-order valence-corrected chi connectivity index (χ3v) is 6.46. The Morgan fingerprint density at radius 2 is 1.76 bits per heavy atom. The van der Waals surface area contributed by atoms with E-state index in [0.29, 0.717) is 30.0 Å². The lowest BCUT2D eigenvalue weighted by atomic mass is 9.98. The second kappa shape index (κ2) is 10.4. The first-order valence-corrected chi connectivity index (χ1v) is 11.5. The molecule has 1 aromatic heterocycles. The lowest BCUT2D eigenvalue weighted by molar-refractivity contribution is -0.250. The molecule has 0 unspecified atom stereocenters. The van der Waals surface area contributed by atoms with Crippen LogP contribution in [0.15, 0.2) is 48.7 Å². The number of carbonyl (C=O) groups is 1. The van der Waals surface area contributed by atoms with Crippen LogP contribution in [0.2, 0.25) is 5.02 Å². The van der Waals surface area contributed by atoms with Gasteiger partial charge in [0.15, 0.2) is 6.23 Å². The number of aliphatic hydroxyl groups is 4. The van der Waals surface area contributed by atoms with Crippen molar-refractivity contribution in [3.8, 4) is 0 Å². The summed E-state index contributed by atoms with van der Waals surface area (Å²) in [5.41, 5.74) is 3.67. The summed E-state index contributed by atoms with van der Waals surface area (Å²) in [7, 11) is 0. The summed E-state index contributed by atoms with van der Waals surface area (Å²) in [5.74, 6) is -0.302. The van der Waals surface area contributed by atoms with E-state index >= 15 is 0 Å². The SMILES string of the molecule is CC(=O)OCCc1ccc(Cc2cn([C@@H]3O[C@H](CO)[C@@H](O)[C@H](O)[C@H]3O)c3cccc(Cl)c23)cc1. The highest BCUT2D eigenvalue weighted by molar-refractivity contribution is 6.35. The zero-order valence-electron chi connectivity index (χ0n) is 18.7. The van der Waals surface area contributed by atoms with Crippen LogP contribution in [-0.4, -0.2) is 68.6 Å². The van der Waals surface area contributed by atoms with E-state index in [1.807, 2.05) is 36.5 Å². The number of rotatable bonds is 7. The Kier molecular flexibility index (Phi) is 7.57. The normalized spacial score (nSPS) is 24.9. The third-order valence-electron chi connectivity index (χ3n) is 6.14. The molecule has 1 aliphatic heterocycles. The molecule has 1 aliphatic rings. The first-order valence-electron chi connectivity index (χ1n) is 11.1. The second-order valence-electron chi connectivity index (χ2n) is 8.50. The Morgan fingerprint density at radius 3 is 2.44 bits per heavy atom. The molecule has 4 N–H and O–H groups in total. The highest BCUT2D eigenvalue weighted by atomic mass is 35.5. The number of aromatic nitrogens is 1. The van der Waals surface area contributed by atoms with E-state index in [4.69, 9.17) is 21.1 Å². The van der Waals surface area contributed by atoms with Gasteiger partial charge >= 0.3 is 5.97 Å². The number of ether oxygens (including phenoxy) is 2. The minimum atomic E-state index is -1.48. The molecule has 0 aliphatic carbocycles. The lowest BCUT2D eigenvalue weighted by Crippen LogP contribution is -2.56. The number of fused-ring (bicyclic) bond motifs is 1. The fraction of sp³-hybridized carbons (Fsp3) is 0.400. The van der Waals surface area contributed by atoms with Crippen LogP contribution in [0.1, 0.15) is 29.8 Å². The molecule has 1 saturated heterocycles. The topological polar surface area (TPSA) is 121 Å². The molecule has 0 radical (unpaired) electrons. The molecule has 2 heterocycles. The standard InChI is InChI=1S/C25H28ClNO7/c1-14(29)33-10-9-15-5-7-16(8-6-15)11-17-12-27(19-4-2-3-18(26)21(17)19)25-24(32)23(31)22(30)20(13-28)34-25/h2-8,12,20,22-25,28,30-32H,9-11,13H2,1H3/t20-,22-,23+,24-,25-/m1/s1. The van der Waals surface area contributed by atoms with Gasteiger partial charge in [0, 0.05) is 24.9 Å². The fourth-order valence-corrected chi connectivity index (χ4v) is 4.65. The summed E-state index contributed by atoms with van der Waals surface area (Å²) in [6, 6.07) is 13.4. The summed E-state index contributed by atoms with van der Waals surface area (Å²) in [6.45, 7) is 1.21. The van der Waals surface area contributed by atoms with E-state index in [2.05, 4.69) is 0 Å². The summed E-state index contributed by atoms with van der Waals surface area (Å²) in [4.78, 5) is 10.9. The number of esters is 1. The molecular weight excluding hydrogens is 462 g/mol. The molecule has 182 valence electrons. The van der Waals surface area contributed by atoms with Gasteiger partial charge in [0.2, 0.25) is 0 Å². The van der Waals surface area contributed by atoms with Crippen molar-refractivity contribution in [1.29, 1.82) is 0 Å². The Labute approximate surface area is 201 Å². The van der Waals surface area contributed by atoms with Crippen LogP contribution >= 0.6 is 11.6 Å². The molecule has 4 rings (SSSR count). The van der Waals surface area contributed by atoms with Crippen molar-refractivity contribution in [2.75, 3.05) is 13.2 Å². The number of hydrogen-bond donors (Lipinski definition) is 4. The monoisotopic (exact) mass is 489 g/mol. The number of halogens is 1. The van der Waals surface area contributed by atoms with Gasteiger partial charge in [0.1, 0.15) is 24.4 Å². The molecule has 9 heteroatoms. The average molecular weight is 490 g/mol. The third kappa shape index (κ3) is 4.98. The van der Waals surface area contributed by atoms with Crippen molar-refractivity contribution >= 4 is 28.5 Å². The first kappa shape index (κ1) is 24.7. The summed E-state index contributed by atoms with van der Waals surface area (Å²) < 4.78 is 12.5. The molecule has 8 nitrogen and oxygen atoms in total. The predicted octanol–water partition coefficient (Wildman–Crippen LogP) is 1.96. The van der Waals surface area contributed by atoms with Crippen molar-refractivity contribution in [1.82, 2.24) is 4.57 Å². The number of hydrogen-bond acceptors (Lipinski definition) is 7. The van der Waals surface area contributed by atoms with Crippen molar-refractivity contribution < 1.29 is 34.7 Å². The minimum Gasteiger partial charge on any atom is -0.466 e. The number of benzene rings is 2. The summed E-state index contributed by atoms with van der Waals surface area (Å²) >= 11 is 6.55. The molecular formula is C25H28ClNO7. The fourth-order valence-electron chi connectivity index (χ4n) is 4.36. The van der Waals surface area contributed by atoms with Crippen molar-refractivity contribution in [2.45, 2.75) is 50.4 Å². The van der Waals surface area contributed by atoms with Crippen LogP contribution in [0.25, 0.3) is 10.9 Å². The zero-order chi connectivity index (χ0) is 24.4. The van der Waals surface area contributed by atoms with Gasteiger partial charge in [-0.2, -0.15) is 0 Å². The molecule has 1 fully saturated rings. The summed E-state index contributed by atoms with van der Waals surface area (Å²) in [6.07, 6.45) is -3.35.